The van der Waals surface area contributed by atoms with E-state index in [1.165, 1.54) is 11.9 Å². The number of hydrazone groups is 1. The van der Waals surface area contributed by atoms with Gasteiger partial charge in [0.1, 0.15) is 6.54 Å². The van der Waals surface area contributed by atoms with Gasteiger partial charge in [-0.15, -0.1) is 0 Å². The molecule has 1 heterocycles. The number of carbonyl (C=O) groups excluding carboxylic acids is 1. The summed E-state index contributed by atoms with van der Waals surface area (Å²) in [5.41, 5.74) is 2.87. The molecule has 1 amide bonds. The molecule has 0 aliphatic carbocycles. The molecule has 4 nitrogen and oxygen atoms in total. The molecule has 2 aromatic carbocycles. The highest BCUT2D eigenvalue weighted by molar-refractivity contribution is 9.10. The third kappa shape index (κ3) is 6.21. The fourth-order valence-corrected chi connectivity index (χ4v) is 5.25. The molecule has 1 atom stereocenters. The maximum Gasteiger partial charge on any atom is 0.258 e. The predicted octanol–water partition coefficient (Wildman–Crippen LogP) is 6.58. The Morgan fingerprint density at radius 2 is 1.87 bits per heavy atom. The highest BCUT2D eigenvalue weighted by Gasteiger charge is 2.39. The lowest BCUT2D eigenvalue weighted by Gasteiger charge is -2.27. The quantitative estimate of drug-likeness (QED) is 0.266. The van der Waals surface area contributed by atoms with Crippen molar-refractivity contribution in [3.05, 3.63) is 63.6 Å². The molecule has 1 aliphatic heterocycles. The zero-order valence-electron chi connectivity index (χ0n) is 18.0. The Balaban J connectivity index is 1.80. The molecule has 166 valence electrons. The lowest BCUT2D eigenvalue weighted by Crippen LogP contribution is -2.37. The van der Waals surface area contributed by atoms with Crippen molar-refractivity contribution >= 4 is 68.5 Å². The van der Waals surface area contributed by atoms with E-state index in [0.717, 1.165) is 46.6 Å². The van der Waals surface area contributed by atoms with E-state index in [9.17, 15) is 4.79 Å². The number of nitrogens with zero attached hydrogens (tertiary/aromatic N) is 3. The van der Waals surface area contributed by atoms with Crippen LogP contribution in [0.2, 0.25) is 5.02 Å². The normalized spacial score (nSPS) is 18.2. The SMILES string of the molecule is CSCCCC1(C)CN(CC(=O)N(SC)c2ccc(Br)cc2)N=C1c1ccc(Cl)cc1. The number of carbonyl (C=O) groups is 1. The van der Waals surface area contributed by atoms with Gasteiger partial charge in [0.15, 0.2) is 0 Å². The maximum atomic E-state index is 13.1. The average molecular weight is 541 g/mol. The van der Waals surface area contributed by atoms with Crippen LogP contribution in [0.5, 0.6) is 0 Å². The molecule has 1 aliphatic rings. The van der Waals surface area contributed by atoms with E-state index >= 15 is 0 Å². The van der Waals surface area contributed by atoms with Crippen LogP contribution in [-0.2, 0) is 4.79 Å². The molecule has 0 fully saturated rings. The number of hydrogen-bond donors (Lipinski definition) is 0. The second kappa shape index (κ2) is 11.1. The summed E-state index contributed by atoms with van der Waals surface area (Å²) < 4.78 is 2.72. The first-order valence-corrected chi connectivity index (χ1v) is 13.8. The highest BCUT2D eigenvalue weighted by atomic mass is 79.9. The summed E-state index contributed by atoms with van der Waals surface area (Å²) in [7, 11) is 0. The first-order chi connectivity index (χ1) is 14.9. The number of amides is 1. The van der Waals surface area contributed by atoms with E-state index in [-0.39, 0.29) is 17.9 Å². The minimum atomic E-state index is -0.106. The number of benzene rings is 2. The van der Waals surface area contributed by atoms with Crippen LogP contribution in [0.3, 0.4) is 0 Å². The van der Waals surface area contributed by atoms with E-state index in [2.05, 4.69) is 29.1 Å². The van der Waals surface area contributed by atoms with Gasteiger partial charge < -0.3 is 0 Å². The van der Waals surface area contributed by atoms with Gasteiger partial charge in [0.25, 0.3) is 5.91 Å². The van der Waals surface area contributed by atoms with Crippen molar-refractivity contribution in [1.29, 1.82) is 0 Å². The summed E-state index contributed by atoms with van der Waals surface area (Å²) in [6, 6.07) is 15.6. The lowest BCUT2D eigenvalue weighted by atomic mass is 9.78. The standard InChI is InChI=1S/C23H27BrClN3OS2/c1-23(13-4-14-30-2)16-27(26-22(23)17-5-9-19(25)10-6-17)15-21(29)28(31-3)20-11-7-18(24)8-12-20/h5-12H,4,13-16H2,1-3H3. The van der Waals surface area contributed by atoms with Gasteiger partial charge in [0.05, 0.1) is 11.4 Å². The monoisotopic (exact) mass is 539 g/mol. The van der Waals surface area contributed by atoms with Crippen LogP contribution >= 0.6 is 51.2 Å². The molecule has 31 heavy (non-hydrogen) atoms. The Morgan fingerprint density at radius 3 is 2.48 bits per heavy atom. The third-order valence-electron chi connectivity index (χ3n) is 5.33. The number of halogens is 2. The molecular formula is C23H27BrClN3OS2. The van der Waals surface area contributed by atoms with Gasteiger partial charge in [0, 0.05) is 27.7 Å². The van der Waals surface area contributed by atoms with Crippen LogP contribution in [-0.4, -0.2) is 48.0 Å². The molecule has 0 saturated carbocycles. The van der Waals surface area contributed by atoms with Crippen molar-refractivity contribution in [2.24, 2.45) is 10.5 Å². The lowest BCUT2D eigenvalue weighted by molar-refractivity contribution is -0.118. The average Bonchev–Trinajstić information content (AvgIpc) is 3.06. The van der Waals surface area contributed by atoms with Gasteiger partial charge in [0.2, 0.25) is 0 Å². The maximum absolute atomic E-state index is 13.1. The second-order valence-electron chi connectivity index (χ2n) is 7.78. The van der Waals surface area contributed by atoms with E-state index in [1.807, 2.05) is 71.6 Å². The Hall–Kier alpha value is -1.15. The summed E-state index contributed by atoms with van der Waals surface area (Å²) in [6.07, 6.45) is 6.19. The topological polar surface area (TPSA) is 35.9 Å². The third-order valence-corrected chi connectivity index (χ3v) is 7.58. The van der Waals surface area contributed by atoms with Crippen LogP contribution in [0.1, 0.15) is 25.3 Å². The van der Waals surface area contributed by atoms with Crippen LogP contribution in [0.4, 0.5) is 5.69 Å². The fourth-order valence-electron chi connectivity index (χ4n) is 3.83. The highest BCUT2D eigenvalue weighted by Crippen LogP contribution is 2.36. The van der Waals surface area contributed by atoms with E-state index < -0.39 is 0 Å². The van der Waals surface area contributed by atoms with Gasteiger partial charge in [-0.2, -0.15) is 16.9 Å². The number of thioether (sulfide) groups is 1. The summed E-state index contributed by atoms with van der Waals surface area (Å²) in [5, 5.41) is 7.56. The summed E-state index contributed by atoms with van der Waals surface area (Å²) >= 11 is 12.8. The molecule has 2 aromatic rings. The Labute approximate surface area is 207 Å². The number of anilines is 1. The summed E-state index contributed by atoms with van der Waals surface area (Å²) in [5.74, 6) is 1.13. The van der Waals surface area contributed by atoms with Gasteiger partial charge in [-0.25, -0.2) is 0 Å². The zero-order chi connectivity index (χ0) is 22.4. The van der Waals surface area contributed by atoms with Gasteiger partial charge in [-0.1, -0.05) is 46.6 Å². The van der Waals surface area contributed by atoms with Crippen molar-refractivity contribution in [3.63, 3.8) is 0 Å². The van der Waals surface area contributed by atoms with E-state index in [1.54, 1.807) is 4.31 Å². The molecule has 0 aromatic heterocycles. The van der Waals surface area contributed by atoms with Crippen molar-refractivity contribution in [3.8, 4) is 0 Å². The molecule has 8 heteroatoms. The van der Waals surface area contributed by atoms with Crippen molar-refractivity contribution < 1.29 is 4.79 Å². The van der Waals surface area contributed by atoms with Crippen molar-refractivity contribution in [2.75, 3.05) is 35.7 Å². The van der Waals surface area contributed by atoms with Crippen LogP contribution < -0.4 is 4.31 Å². The van der Waals surface area contributed by atoms with Crippen molar-refractivity contribution in [1.82, 2.24) is 5.01 Å². The number of hydrogen-bond acceptors (Lipinski definition) is 5. The molecule has 0 spiro atoms. The van der Waals surface area contributed by atoms with Gasteiger partial charge >= 0.3 is 0 Å². The Kier molecular flexibility index (Phi) is 8.79. The number of rotatable bonds is 9. The van der Waals surface area contributed by atoms with Crippen molar-refractivity contribution in [2.45, 2.75) is 19.8 Å². The summed E-state index contributed by atoms with van der Waals surface area (Å²) in [6.45, 7) is 3.23. The largest absolute Gasteiger partial charge is 0.286 e. The predicted molar refractivity (Wildman–Crippen MR) is 140 cm³/mol. The molecule has 0 radical (unpaired) electrons. The van der Waals surface area contributed by atoms with E-state index in [0.29, 0.717) is 5.02 Å². The minimum absolute atomic E-state index is 0.0161. The molecule has 0 saturated heterocycles. The molecule has 0 bridgehead atoms. The first kappa shape index (κ1) is 24.5. The molecule has 1 unspecified atom stereocenters. The molecule has 0 N–H and O–H groups in total. The van der Waals surface area contributed by atoms with Crippen LogP contribution in [0.15, 0.2) is 58.1 Å². The smallest absolute Gasteiger partial charge is 0.258 e. The van der Waals surface area contributed by atoms with Crippen LogP contribution in [0, 0.1) is 5.41 Å². The fraction of sp³-hybridized carbons (Fsp3) is 0.391. The minimum Gasteiger partial charge on any atom is -0.286 e. The Bertz CT molecular complexity index is 923. The van der Waals surface area contributed by atoms with Gasteiger partial charge in [-0.3, -0.25) is 14.1 Å². The zero-order valence-corrected chi connectivity index (χ0v) is 22.0. The van der Waals surface area contributed by atoms with Gasteiger partial charge in [-0.05, 0) is 78.8 Å². The Morgan fingerprint density at radius 1 is 1.19 bits per heavy atom. The summed E-state index contributed by atoms with van der Waals surface area (Å²) in [4.78, 5) is 13.1. The second-order valence-corrected chi connectivity index (χ2v) is 10.9. The molecule has 3 rings (SSSR count). The molecular weight excluding hydrogens is 514 g/mol. The van der Waals surface area contributed by atoms with E-state index in [4.69, 9.17) is 16.7 Å². The first-order valence-electron chi connectivity index (χ1n) is 10.1. The van der Waals surface area contributed by atoms with Crippen LogP contribution in [0.25, 0.3) is 0 Å².